The van der Waals surface area contributed by atoms with Gasteiger partial charge in [-0.25, -0.2) is 9.07 Å². The van der Waals surface area contributed by atoms with Crippen LogP contribution in [0.1, 0.15) is 5.69 Å². The predicted octanol–water partition coefficient (Wildman–Crippen LogP) is 3.44. The van der Waals surface area contributed by atoms with Gasteiger partial charge in [-0.2, -0.15) is 13.2 Å². The summed E-state index contributed by atoms with van der Waals surface area (Å²) in [7, 11) is 1.29. The minimum atomic E-state index is -4.72. The van der Waals surface area contributed by atoms with Crippen molar-refractivity contribution in [1.29, 1.82) is 0 Å². The van der Waals surface area contributed by atoms with E-state index in [1.807, 2.05) is 0 Å². The van der Waals surface area contributed by atoms with Crippen LogP contribution in [-0.4, -0.2) is 27.1 Å². The molecule has 0 fully saturated rings. The molecule has 6 nitrogen and oxygen atoms in total. The number of aromatic nitrogens is 4. The zero-order chi connectivity index (χ0) is 19.1. The minimum absolute atomic E-state index is 0.00434. The highest BCUT2D eigenvalue weighted by Crippen LogP contribution is 2.38. The Kier molecular flexibility index (Phi) is 4.45. The van der Waals surface area contributed by atoms with Crippen molar-refractivity contribution in [2.75, 3.05) is 7.11 Å². The van der Waals surface area contributed by atoms with Crippen molar-refractivity contribution in [3.05, 3.63) is 57.5 Å². The van der Waals surface area contributed by atoms with Crippen LogP contribution in [0.5, 0.6) is 5.75 Å². The van der Waals surface area contributed by atoms with E-state index < -0.39 is 23.2 Å². The van der Waals surface area contributed by atoms with E-state index in [1.165, 1.54) is 19.4 Å². The summed E-state index contributed by atoms with van der Waals surface area (Å²) in [4.78, 5) is 14.0. The quantitative estimate of drug-likeness (QED) is 0.698. The molecule has 0 aliphatic heterocycles. The summed E-state index contributed by atoms with van der Waals surface area (Å²) in [6, 6.07) is 3.46. The fraction of sp³-hybridized carbons (Fsp3) is 0.133. The van der Waals surface area contributed by atoms with Gasteiger partial charge in [0.05, 0.1) is 24.0 Å². The van der Waals surface area contributed by atoms with Crippen LogP contribution < -0.4 is 10.3 Å². The summed E-state index contributed by atoms with van der Waals surface area (Å²) in [5, 5.41) is 6.15. The van der Waals surface area contributed by atoms with Gasteiger partial charge in [-0.3, -0.25) is 4.79 Å². The summed E-state index contributed by atoms with van der Waals surface area (Å²) in [6.07, 6.45) is -2.92. The largest absolute Gasteiger partial charge is 0.495 e. The molecule has 2 heterocycles. The molecule has 0 spiro atoms. The molecule has 3 aromatic rings. The van der Waals surface area contributed by atoms with Crippen LogP contribution in [0, 0.1) is 5.82 Å². The van der Waals surface area contributed by atoms with E-state index in [9.17, 15) is 22.4 Å². The second-order valence-corrected chi connectivity index (χ2v) is 5.49. The zero-order valence-electron chi connectivity index (χ0n) is 12.9. The first-order chi connectivity index (χ1) is 12.2. The maximum Gasteiger partial charge on any atom is 0.436 e. The molecule has 0 unspecified atom stereocenters. The molecule has 3 rings (SSSR count). The molecule has 2 aromatic heterocycles. The molecule has 1 aromatic carbocycles. The van der Waals surface area contributed by atoms with E-state index in [1.54, 1.807) is 0 Å². The Labute approximate surface area is 148 Å². The summed E-state index contributed by atoms with van der Waals surface area (Å²) in [5.74, 6) is -0.861. The number of hydrogen-bond donors (Lipinski definition) is 1. The van der Waals surface area contributed by atoms with Gasteiger partial charge in [0.25, 0.3) is 0 Å². The fourth-order valence-corrected chi connectivity index (χ4v) is 2.48. The molecular formula is C15H9ClF4N4O2. The van der Waals surface area contributed by atoms with Crippen LogP contribution >= 0.6 is 11.6 Å². The third-order valence-corrected chi connectivity index (χ3v) is 3.77. The molecule has 0 saturated heterocycles. The molecule has 0 saturated carbocycles. The minimum Gasteiger partial charge on any atom is -0.495 e. The van der Waals surface area contributed by atoms with Gasteiger partial charge < -0.3 is 9.72 Å². The number of hydrogen-bond acceptors (Lipinski definition) is 4. The Hall–Kier alpha value is -2.88. The number of halogens is 5. The first-order valence-electron chi connectivity index (χ1n) is 6.97. The van der Waals surface area contributed by atoms with Gasteiger partial charge in [0.15, 0.2) is 11.5 Å². The average molecular weight is 389 g/mol. The van der Waals surface area contributed by atoms with Crippen molar-refractivity contribution in [1.82, 2.24) is 20.0 Å². The van der Waals surface area contributed by atoms with Crippen LogP contribution in [0.2, 0.25) is 5.02 Å². The number of benzene rings is 1. The lowest BCUT2D eigenvalue weighted by atomic mass is 10.0. The normalized spacial score (nSPS) is 11.6. The average Bonchev–Trinajstić information content (AvgIpc) is 3.07. The summed E-state index contributed by atoms with van der Waals surface area (Å²) < 4.78 is 58.9. The summed E-state index contributed by atoms with van der Waals surface area (Å²) in [5.41, 5.74) is -2.18. The maximum absolute atomic E-state index is 14.7. The van der Waals surface area contributed by atoms with Gasteiger partial charge >= 0.3 is 6.18 Å². The Morgan fingerprint density at radius 2 is 2.04 bits per heavy atom. The lowest BCUT2D eigenvalue weighted by Crippen LogP contribution is -2.08. The van der Waals surface area contributed by atoms with E-state index in [2.05, 4.69) is 15.3 Å². The number of ether oxygens (including phenoxy) is 1. The highest BCUT2D eigenvalue weighted by molar-refractivity contribution is 6.31. The Balaban J connectivity index is 2.30. The molecule has 1 N–H and O–H groups in total. The van der Waals surface area contributed by atoms with E-state index in [4.69, 9.17) is 16.3 Å². The highest BCUT2D eigenvalue weighted by Gasteiger charge is 2.35. The first kappa shape index (κ1) is 17.9. The topological polar surface area (TPSA) is 72.8 Å². The number of nitrogens with one attached hydrogen (secondary N) is 1. The molecule has 11 heteroatoms. The van der Waals surface area contributed by atoms with Crippen molar-refractivity contribution >= 4 is 11.6 Å². The maximum atomic E-state index is 14.7. The van der Waals surface area contributed by atoms with Crippen LogP contribution in [0.4, 0.5) is 17.6 Å². The summed E-state index contributed by atoms with van der Waals surface area (Å²) in [6.45, 7) is 0. The highest BCUT2D eigenvalue weighted by atomic mass is 35.5. The number of rotatable bonds is 3. The molecular weight excluding hydrogens is 380 g/mol. The van der Waals surface area contributed by atoms with Crippen LogP contribution in [-0.2, 0) is 6.18 Å². The molecule has 0 aliphatic rings. The van der Waals surface area contributed by atoms with Crippen molar-refractivity contribution in [3.63, 3.8) is 0 Å². The van der Waals surface area contributed by atoms with Gasteiger partial charge in [-0.1, -0.05) is 16.8 Å². The number of aromatic amines is 1. The Morgan fingerprint density at radius 1 is 1.31 bits per heavy atom. The van der Waals surface area contributed by atoms with Crippen LogP contribution in [0.15, 0.2) is 35.4 Å². The smallest absolute Gasteiger partial charge is 0.436 e. The van der Waals surface area contributed by atoms with E-state index in [-0.39, 0.29) is 27.6 Å². The van der Waals surface area contributed by atoms with Gasteiger partial charge in [0, 0.05) is 23.4 Å². The second kappa shape index (κ2) is 6.45. The van der Waals surface area contributed by atoms with Crippen molar-refractivity contribution < 1.29 is 22.3 Å². The number of nitrogens with zero attached hydrogens (tertiary/aromatic N) is 3. The zero-order valence-corrected chi connectivity index (χ0v) is 13.7. The molecule has 0 aliphatic carbocycles. The number of pyridine rings is 1. The van der Waals surface area contributed by atoms with E-state index in [0.717, 1.165) is 16.8 Å². The Bertz CT molecular complexity index is 1030. The second-order valence-electron chi connectivity index (χ2n) is 5.08. The fourth-order valence-electron chi connectivity index (χ4n) is 2.32. The van der Waals surface area contributed by atoms with Gasteiger partial charge in [0.2, 0.25) is 5.56 Å². The predicted molar refractivity (Wildman–Crippen MR) is 83.9 cm³/mol. The lowest BCUT2D eigenvalue weighted by molar-refractivity contribution is -0.141. The molecule has 0 bridgehead atoms. The van der Waals surface area contributed by atoms with Crippen LogP contribution in [0.25, 0.3) is 16.8 Å². The van der Waals surface area contributed by atoms with Gasteiger partial charge in [-0.15, -0.1) is 5.10 Å². The molecule has 0 amide bonds. The van der Waals surface area contributed by atoms with Crippen molar-refractivity contribution in [2.45, 2.75) is 6.18 Å². The Morgan fingerprint density at radius 3 is 2.65 bits per heavy atom. The third kappa shape index (κ3) is 3.15. The molecule has 136 valence electrons. The molecule has 0 atom stereocenters. The standard InChI is InChI=1S/C15H9ClF4N4O2/c1-26-10-5-21-12(25)4-7(10)13-9(3-2-8(16)14(13)17)24-6-11(22-23-24)15(18,19)20/h2-6H,1H3,(H,21,25). The molecule has 26 heavy (non-hydrogen) atoms. The summed E-state index contributed by atoms with van der Waals surface area (Å²) >= 11 is 5.81. The van der Waals surface area contributed by atoms with Gasteiger partial charge in [-0.05, 0) is 12.1 Å². The number of alkyl halides is 3. The van der Waals surface area contributed by atoms with Crippen molar-refractivity contribution in [2.24, 2.45) is 0 Å². The monoisotopic (exact) mass is 388 g/mol. The number of methoxy groups -OCH3 is 1. The van der Waals surface area contributed by atoms with Crippen molar-refractivity contribution in [3.8, 4) is 22.6 Å². The number of H-pyrrole nitrogens is 1. The third-order valence-electron chi connectivity index (χ3n) is 3.48. The van der Waals surface area contributed by atoms with Gasteiger partial charge in [0.1, 0.15) is 5.75 Å². The lowest BCUT2D eigenvalue weighted by Gasteiger charge is -2.14. The van der Waals surface area contributed by atoms with Crippen LogP contribution in [0.3, 0.4) is 0 Å². The SMILES string of the molecule is COc1c[nH]c(=O)cc1-c1c(-n2cc(C(F)(F)F)nn2)ccc(Cl)c1F. The van der Waals surface area contributed by atoms with E-state index >= 15 is 0 Å². The van der Waals surface area contributed by atoms with E-state index in [0.29, 0.717) is 6.20 Å². The first-order valence-corrected chi connectivity index (χ1v) is 7.35. The molecule has 0 radical (unpaired) electrons.